The number of fused-ring (bicyclic) bond motifs is 2. The number of carbonyl (C=O) groups is 1. The molecule has 1 aromatic carbocycles. The van der Waals surface area contributed by atoms with Crippen molar-refractivity contribution in [3.63, 3.8) is 0 Å². The van der Waals surface area contributed by atoms with Crippen LogP contribution in [0.15, 0.2) is 36.8 Å². The minimum atomic E-state index is 0.0747. The first-order valence-corrected chi connectivity index (χ1v) is 8.60. The van der Waals surface area contributed by atoms with Crippen LogP contribution in [0, 0.1) is 5.92 Å². The summed E-state index contributed by atoms with van der Waals surface area (Å²) < 4.78 is 2.15. The smallest absolute Gasteiger partial charge is 0.224 e. The van der Waals surface area contributed by atoms with Crippen LogP contribution in [0.5, 0.6) is 0 Å². The quantitative estimate of drug-likeness (QED) is 0.926. The Bertz CT molecular complexity index is 721. The number of hydrogen-bond acceptors (Lipinski definition) is 2. The van der Waals surface area contributed by atoms with Crippen molar-refractivity contribution in [2.75, 3.05) is 0 Å². The van der Waals surface area contributed by atoms with Crippen molar-refractivity contribution in [1.29, 1.82) is 0 Å². The molecular formula is C19H23N3O. The van der Waals surface area contributed by atoms with Gasteiger partial charge < -0.3 is 9.88 Å². The van der Waals surface area contributed by atoms with Crippen LogP contribution >= 0.6 is 0 Å². The number of rotatable bonds is 2. The number of aryl methyl sites for hydroxylation is 1. The van der Waals surface area contributed by atoms with Gasteiger partial charge >= 0.3 is 0 Å². The molecule has 0 saturated carbocycles. The highest BCUT2D eigenvalue weighted by Gasteiger charge is 2.29. The fraction of sp³-hybridized carbons (Fsp3) is 0.474. The first-order chi connectivity index (χ1) is 11.2. The van der Waals surface area contributed by atoms with Crippen LogP contribution in [0.3, 0.4) is 0 Å². The van der Waals surface area contributed by atoms with Crippen LogP contribution in [-0.4, -0.2) is 15.5 Å². The molecule has 1 aromatic heterocycles. The molecule has 4 rings (SSSR count). The molecule has 0 spiro atoms. The summed E-state index contributed by atoms with van der Waals surface area (Å²) >= 11 is 0. The van der Waals surface area contributed by atoms with Crippen molar-refractivity contribution in [2.24, 2.45) is 5.92 Å². The predicted octanol–water partition coefficient (Wildman–Crippen LogP) is 3.20. The number of nitrogens with zero attached hydrogens (tertiary/aromatic N) is 2. The molecular weight excluding hydrogens is 286 g/mol. The topological polar surface area (TPSA) is 46.9 Å². The van der Waals surface area contributed by atoms with Gasteiger partial charge in [-0.2, -0.15) is 0 Å². The molecule has 2 aliphatic rings. The zero-order chi connectivity index (χ0) is 15.8. The van der Waals surface area contributed by atoms with E-state index in [0.29, 0.717) is 5.92 Å². The van der Waals surface area contributed by atoms with Crippen molar-refractivity contribution < 1.29 is 4.79 Å². The Kier molecular flexibility index (Phi) is 3.68. The van der Waals surface area contributed by atoms with Gasteiger partial charge in [0.05, 0.1) is 12.4 Å². The highest BCUT2D eigenvalue weighted by atomic mass is 16.1. The molecule has 4 nitrogen and oxygen atoms in total. The SMILES string of the molecule is C[C@@H]1CC[C@H](NC(=O)[C@H]2CCn3cncc3C2)c2ccccc21. The third kappa shape index (κ3) is 2.67. The van der Waals surface area contributed by atoms with Crippen molar-refractivity contribution in [1.82, 2.24) is 14.9 Å². The lowest BCUT2D eigenvalue weighted by atomic mass is 9.81. The number of hydrogen-bond donors (Lipinski definition) is 1. The van der Waals surface area contributed by atoms with E-state index in [-0.39, 0.29) is 17.9 Å². The van der Waals surface area contributed by atoms with Gasteiger partial charge in [-0.1, -0.05) is 31.2 Å². The van der Waals surface area contributed by atoms with Crippen molar-refractivity contribution in [2.45, 2.75) is 51.1 Å². The molecule has 2 heterocycles. The Morgan fingerprint density at radius 3 is 2.91 bits per heavy atom. The van der Waals surface area contributed by atoms with Crippen LogP contribution in [0.2, 0.25) is 0 Å². The van der Waals surface area contributed by atoms with Gasteiger partial charge in [0.25, 0.3) is 0 Å². The van der Waals surface area contributed by atoms with Crippen molar-refractivity contribution in [3.05, 3.63) is 53.6 Å². The zero-order valence-corrected chi connectivity index (χ0v) is 13.5. The maximum Gasteiger partial charge on any atom is 0.224 e. The molecule has 2 aromatic rings. The van der Waals surface area contributed by atoms with E-state index in [2.05, 4.69) is 46.1 Å². The minimum Gasteiger partial charge on any atom is -0.349 e. The van der Waals surface area contributed by atoms with Gasteiger partial charge in [-0.25, -0.2) is 4.98 Å². The van der Waals surface area contributed by atoms with Crippen LogP contribution < -0.4 is 5.32 Å². The summed E-state index contributed by atoms with van der Waals surface area (Å²) in [4.78, 5) is 16.9. The molecule has 23 heavy (non-hydrogen) atoms. The second-order valence-corrected chi connectivity index (χ2v) is 6.94. The molecule has 1 aliphatic carbocycles. The summed E-state index contributed by atoms with van der Waals surface area (Å²) in [6, 6.07) is 8.72. The van der Waals surface area contributed by atoms with E-state index in [4.69, 9.17) is 0 Å². The normalized spacial score (nSPS) is 26.2. The van der Waals surface area contributed by atoms with Gasteiger partial charge in [0.2, 0.25) is 5.91 Å². The molecule has 1 aliphatic heterocycles. The van der Waals surface area contributed by atoms with Crippen LogP contribution in [0.1, 0.15) is 55.0 Å². The monoisotopic (exact) mass is 309 g/mol. The van der Waals surface area contributed by atoms with Gasteiger partial charge in [0, 0.05) is 30.8 Å². The molecule has 1 amide bonds. The molecule has 0 saturated heterocycles. The van der Waals surface area contributed by atoms with Crippen molar-refractivity contribution in [3.8, 4) is 0 Å². The fourth-order valence-corrected chi connectivity index (χ4v) is 4.04. The van der Waals surface area contributed by atoms with E-state index in [9.17, 15) is 4.79 Å². The van der Waals surface area contributed by atoms with E-state index in [1.165, 1.54) is 16.8 Å². The Morgan fingerprint density at radius 1 is 1.22 bits per heavy atom. The Labute approximate surface area is 136 Å². The van der Waals surface area contributed by atoms with Crippen LogP contribution in [-0.2, 0) is 17.8 Å². The molecule has 0 bridgehead atoms. The standard InChI is InChI=1S/C19H23N3O/c1-13-6-7-18(17-5-3-2-4-16(13)17)21-19(23)14-8-9-22-12-20-11-15(22)10-14/h2-5,11-14,18H,6-10H2,1H3,(H,21,23)/t13-,14+,18+/m1/s1. The number of imidazole rings is 1. The Hall–Kier alpha value is -2.10. The lowest BCUT2D eigenvalue weighted by Gasteiger charge is -2.32. The molecule has 120 valence electrons. The maximum absolute atomic E-state index is 12.7. The molecule has 0 unspecified atom stereocenters. The van der Waals surface area contributed by atoms with Gasteiger partial charge in [-0.05, 0) is 36.3 Å². The number of carbonyl (C=O) groups excluding carboxylic acids is 1. The Balaban J connectivity index is 1.49. The number of nitrogens with one attached hydrogen (secondary N) is 1. The van der Waals surface area contributed by atoms with Gasteiger partial charge in [0.1, 0.15) is 0 Å². The number of amides is 1. The zero-order valence-electron chi connectivity index (χ0n) is 13.5. The summed E-state index contributed by atoms with van der Waals surface area (Å²) in [5.74, 6) is 0.862. The summed E-state index contributed by atoms with van der Waals surface area (Å²) in [5, 5.41) is 3.32. The average molecular weight is 309 g/mol. The summed E-state index contributed by atoms with van der Waals surface area (Å²) in [5.41, 5.74) is 3.88. The third-order valence-electron chi connectivity index (χ3n) is 5.45. The first-order valence-electron chi connectivity index (χ1n) is 8.60. The minimum absolute atomic E-state index is 0.0747. The third-order valence-corrected chi connectivity index (χ3v) is 5.45. The maximum atomic E-state index is 12.7. The predicted molar refractivity (Wildman–Crippen MR) is 89.0 cm³/mol. The van der Waals surface area contributed by atoms with E-state index >= 15 is 0 Å². The average Bonchev–Trinajstić information content (AvgIpc) is 3.05. The number of benzene rings is 1. The van der Waals surface area contributed by atoms with E-state index in [0.717, 1.165) is 32.2 Å². The van der Waals surface area contributed by atoms with Crippen LogP contribution in [0.4, 0.5) is 0 Å². The van der Waals surface area contributed by atoms with E-state index in [1.807, 2.05) is 12.5 Å². The summed E-state index contributed by atoms with van der Waals surface area (Å²) in [6.07, 6.45) is 7.63. The van der Waals surface area contributed by atoms with Gasteiger partial charge in [0.15, 0.2) is 0 Å². The molecule has 0 radical (unpaired) electrons. The molecule has 0 fully saturated rings. The lowest BCUT2D eigenvalue weighted by molar-refractivity contribution is -0.126. The highest BCUT2D eigenvalue weighted by Crippen LogP contribution is 2.37. The fourth-order valence-electron chi connectivity index (χ4n) is 4.04. The number of aromatic nitrogens is 2. The summed E-state index contributed by atoms with van der Waals surface area (Å²) in [7, 11) is 0. The van der Waals surface area contributed by atoms with E-state index < -0.39 is 0 Å². The van der Waals surface area contributed by atoms with Gasteiger partial charge in [-0.15, -0.1) is 0 Å². The molecule has 1 N–H and O–H groups in total. The lowest BCUT2D eigenvalue weighted by Crippen LogP contribution is -2.38. The highest BCUT2D eigenvalue weighted by molar-refractivity contribution is 5.79. The van der Waals surface area contributed by atoms with Crippen LogP contribution in [0.25, 0.3) is 0 Å². The summed E-state index contributed by atoms with van der Waals surface area (Å²) in [6.45, 7) is 3.17. The molecule has 4 heteroatoms. The van der Waals surface area contributed by atoms with E-state index in [1.54, 1.807) is 0 Å². The Morgan fingerprint density at radius 2 is 2.04 bits per heavy atom. The van der Waals surface area contributed by atoms with Crippen molar-refractivity contribution >= 4 is 5.91 Å². The molecule has 3 atom stereocenters. The second kappa shape index (κ2) is 5.84. The second-order valence-electron chi connectivity index (χ2n) is 6.94. The largest absolute Gasteiger partial charge is 0.349 e. The van der Waals surface area contributed by atoms with Gasteiger partial charge in [-0.3, -0.25) is 4.79 Å². The first kappa shape index (κ1) is 14.5.